The number of aromatic hydroxyl groups is 1. The summed E-state index contributed by atoms with van der Waals surface area (Å²) >= 11 is 0. The Bertz CT molecular complexity index is 1520. The lowest BCUT2D eigenvalue weighted by atomic mass is 9.97. The van der Waals surface area contributed by atoms with Gasteiger partial charge in [-0.2, -0.15) is 0 Å². The number of nitrogens with zero attached hydrogens (tertiary/aromatic N) is 1. The monoisotopic (exact) mass is 480 g/mol. The lowest BCUT2D eigenvalue weighted by Crippen LogP contribution is -2.32. The van der Waals surface area contributed by atoms with Crippen LogP contribution in [0.4, 0.5) is 5.69 Å². The third-order valence-corrected chi connectivity index (χ3v) is 6.31. The van der Waals surface area contributed by atoms with E-state index in [-0.39, 0.29) is 50.7 Å². The van der Waals surface area contributed by atoms with Crippen LogP contribution in [0, 0.1) is 0 Å². The van der Waals surface area contributed by atoms with E-state index in [2.05, 4.69) is 6.92 Å². The molecule has 184 valence electrons. The van der Waals surface area contributed by atoms with E-state index in [4.69, 9.17) is 15.2 Å². The van der Waals surface area contributed by atoms with Crippen LogP contribution in [0.2, 0.25) is 0 Å². The summed E-state index contributed by atoms with van der Waals surface area (Å²) in [5.41, 5.74) is 3.18. The molecule has 35 heavy (non-hydrogen) atoms. The maximum Gasteiger partial charge on any atom is 0.265 e. The van der Waals surface area contributed by atoms with Gasteiger partial charge in [0.05, 0.1) is 52.6 Å². The van der Waals surface area contributed by atoms with E-state index < -0.39 is 33.8 Å². The molecule has 9 nitrogen and oxygen atoms in total. The van der Waals surface area contributed by atoms with Gasteiger partial charge in [0, 0.05) is 17.4 Å². The average Bonchev–Trinajstić information content (AvgIpc) is 3.11. The molecule has 9 heteroatoms. The predicted molar refractivity (Wildman–Crippen MR) is 136 cm³/mol. The number of phenols is 1. The lowest BCUT2D eigenvalue weighted by Gasteiger charge is -2.17. The number of hydrogen-bond donors (Lipinski definition) is 2. The van der Waals surface area contributed by atoms with Gasteiger partial charge in [-0.05, 0) is 20.3 Å². The third kappa shape index (κ3) is 4.00. The van der Waals surface area contributed by atoms with Gasteiger partial charge in [0.1, 0.15) is 5.75 Å². The summed E-state index contributed by atoms with van der Waals surface area (Å²) in [6.07, 6.45) is 1.71. The molecule has 1 aromatic heterocycles. The Morgan fingerprint density at radius 3 is 2.14 bits per heavy atom. The number of aromatic nitrogens is 1. The lowest BCUT2D eigenvalue weighted by molar-refractivity contribution is -0.0172. The zero-order valence-electron chi connectivity index (χ0n) is 19.9. The van der Waals surface area contributed by atoms with Crippen LogP contribution >= 0.6 is 0 Å². The highest BCUT2D eigenvalue weighted by atomic mass is 16.5. The maximum atomic E-state index is 13.3. The molecule has 4 aromatic rings. The number of rotatable bonds is 9. The first-order valence-electron chi connectivity index (χ1n) is 11.6. The molecule has 1 heterocycles. The summed E-state index contributed by atoms with van der Waals surface area (Å²) < 4.78 is 12.2. The number of benzene rings is 3. The van der Waals surface area contributed by atoms with Crippen molar-refractivity contribution in [3.05, 3.63) is 65.4 Å². The summed E-state index contributed by atoms with van der Waals surface area (Å²) in [6, 6.07) is 5.45. The Morgan fingerprint density at radius 1 is 0.914 bits per heavy atom. The van der Waals surface area contributed by atoms with Crippen LogP contribution in [0.1, 0.15) is 39.7 Å². The minimum atomic E-state index is -0.793. The van der Waals surface area contributed by atoms with Crippen LogP contribution in [0.15, 0.2) is 43.4 Å². The van der Waals surface area contributed by atoms with Crippen molar-refractivity contribution in [1.82, 2.24) is 4.57 Å². The van der Waals surface area contributed by atoms with Gasteiger partial charge >= 0.3 is 0 Å². The van der Waals surface area contributed by atoms with Crippen LogP contribution in [0.5, 0.6) is 5.75 Å². The van der Waals surface area contributed by atoms with Crippen molar-refractivity contribution < 1.29 is 14.6 Å². The molecule has 4 rings (SSSR count). The largest absolute Gasteiger partial charge is 0.506 e. The first-order chi connectivity index (χ1) is 16.7. The van der Waals surface area contributed by atoms with Crippen LogP contribution < -0.4 is 27.7 Å². The Hall–Kier alpha value is -3.56. The van der Waals surface area contributed by atoms with Gasteiger partial charge in [-0.25, -0.2) is 0 Å². The van der Waals surface area contributed by atoms with Gasteiger partial charge in [0.2, 0.25) is 0 Å². The predicted octanol–water partition coefficient (Wildman–Crippen LogP) is 2.33. The second-order valence-electron chi connectivity index (χ2n) is 8.87. The minimum Gasteiger partial charge on any atom is -0.506 e. The molecule has 0 aliphatic rings. The van der Waals surface area contributed by atoms with E-state index in [1.165, 1.54) is 12.1 Å². The fraction of sp³-hybridized carbons (Fsp3) is 0.385. The van der Waals surface area contributed by atoms with E-state index in [1.54, 1.807) is 19.1 Å². The number of hydrogen-bond acceptors (Lipinski definition) is 8. The second-order valence-corrected chi connectivity index (χ2v) is 8.87. The standard InChI is InChI=1S/C26H28N2O7/c1-4-5-10-34-12-14(3)35-11-13(2)28-25(32)18-20(26(28)33)24(31)19-17(21(18)27)22(29)15-8-6-7-9-16(15)23(19)30/h6-9,13-14,31H,4-5,10-12,27H2,1-3H3. The number of phenolic OH excluding ortho intramolecular Hbond substituents is 1. The van der Waals surface area contributed by atoms with Gasteiger partial charge in [-0.3, -0.25) is 23.7 Å². The number of fused-ring (bicyclic) bond motifs is 3. The maximum absolute atomic E-state index is 13.3. The Balaban J connectivity index is 1.82. The van der Waals surface area contributed by atoms with Crippen LogP contribution in [0.25, 0.3) is 32.3 Å². The van der Waals surface area contributed by atoms with Crippen molar-refractivity contribution in [2.24, 2.45) is 0 Å². The van der Waals surface area contributed by atoms with Gasteiger partial charge in [-0.1, -0.05) is 37.6 Å². The number of unbranched alkanes of at least 4 members (excludes halogenated alkanes) is 1. The molecule has 0 radical (unpaired) electrons. The number of nitrogen functional groups attached to an aromatic ring is 1. The second kappa shape index (κ2) is 9.59. The molecule has 0 spiro atoms. The molecule has 2 unspecified atom stereocenters. The number of ether oxygens (including phenoxy) is 2. The minimum absolute atomic E-state index is 0.0352. The van der Waals surface area contributed by atoms with E-state index in [1.807, 2.05) is 6.92 Å². The first kappa shape index (κ1) is 24.6. The van der Waals surface area contributed by atoms with Crippen LogP contribution in [-0.2, 0) is 9.47 Å². The summed E-state index contributed by atoms with van der Waals surface area (Å²) in [5.74, 6) is -0.705. The fourth-order valence-electron chi connectivity index (χ4n) is 4.45. The average molecular weight is 481 g/mol. The number of nitrogens with two attached hydrogens (primary N) is 1. The highest BCUT2D eigenvalue weighted by Crippen LogP contribution is 2.34. The molecule has 0 bridgehead atoms. The van der Waals surface area contributed by atoms with Gasteiger partial charge in [0.15, 0.2) is 10.9 Å². The summed E-state index contributed by atoms with van der Waals surface area (Å²) in [7, 11) is 0. The van der Waals surface area contributed by atoms with Crippen molar-refractivity contribution in [2.75, 3.05) is 25.6 Å². The highest BCUT2D eigenvalue weighted by Gasteiger charge is 2.28. The van der Waals surface area contributed by atoms with Crippen molar-refractivity contribution >= 4 is 38.0 Å². The van der Waals surface area contributed by atoms with Gasteiger partial charge in [0.25, 0.3) is 11.1 Å². The van der Waals surface area contributed by atoms with Crippen LogP contribution in [-0.4, -0.2) is 35.6 Å². The molecule has 0 aliphatic heterocycles. The SMILES string of the molecule is CCCCOCC(C)OCC(C)n1c(=O)c2c(N)c3c(=O)c4ccccc4c(=O)c3c(O)c2c1=O. The molecule has 0 amide bonds. The molecule has 3 aromatic carbocycles. The summed E-state index contributed by atoms with van der Waals surface area (Å²) in [5, 5.41) is 9.95. The molecular formula is C26H28N2O7. The summed E-state index contributed by atoms with van der Waals surface area (Å²) in [4.78, 5) is 52.8. The quantitative estimate of drug-likeness (QED) is 0.161. The Labute approximate surface area is 200 Å². The molecule has 2 atom stereocenters. The number of anilines is 1. The van der Waals surface area contributed by atoms with Crippen molar-refractivity contribution in [1.29, 1.82) is 0 Å². The summed E-state index contributed by atoms with van der Waals surface area (Å²) in [6.45, 7) is 6.56. The normalized spacial score (nSPS) is 13.7. The van der Waals surface area contributed by atoms with Gasteiger partial charge < -0.3 is 20.3 Å². The topological polar surface area (TPSA) is 138 Å². The fourth-order valence-corrected chi connectivity index (χ4v) is 4.45. The molecule has 3 N–H and O–H groups in total. The van der Waals surface area contributed by atoms with Crippen molar-refractivity contribution in [3.63, 3.8) is 0 Å². The highest BCUT2D eigenvalue weighted by molar-refractivity contribution is 6.17. The van der Waals surface area contributed by atoms with E-state index in [0.717, 1.165) is 17.4 Å². The van der Waals surface area contributed by atoms with E-state index >= 15 is 0 Å². The Kier molecular flexibility index (Phi) is 6.73. The smallest absolute Gasteiger partial charge is 0.265 e. The van der Waals surface area contributed by atoms with Crippen molar-refractivity contribution in [3.8, 4) is 5.75 Å². The molecule has 0 fully saturated rings. The first-order valence-corrected chi connectivity index (χ1v) is 11.6. The van der Waals surface area contributed by atoms with Crippen LogP contribution in [0.3, 0.4) is 0 Å². The van der Waals surface area contributed by atoms with E-state index in [9.17, 15) is 24.3 Å². The molecule has 0 saturated carbocycles. The zero-order valence-corrected chi connectivity index (χ0v) is 19.9. The van der Waals surface area contributed by atoms with Gasteiger partial charge in [-0.15, -0.1) is 0 Å². The molecule has 0 saturated heterocycles. The zero-order chi connectivity index (χ0) is 25.4. The van der Waals surface area contributed by atoms with E-state index in [0.29, 0.717) is 13.2 Å². The Morgan fingerprint density at radius 2 is 1.51 bits per heavy atom. The third-order valence-electron chi connectivity index (χ3n) is 6.31. The molecule has 0 aliphatic carbocycles. The molecular weight excluding hydrogens is 452 g/mol. The van der Waals surface area contributed by atoms with Crippen molar-refractivity contribution in [2.45, 2.75) is 45.8 Å².